The van der Waals surface area contributed by atoms with Gasteiger partial charge in [0.25, 0.3) is 0 Å². The molecule has 0 spiro atoms. The van der Waals surface area contributed by atoms with Crippen LogP contribution >= 0.6 is 0 Å². The molecular weight excluding hydrogens is 250 g/mol. The largest absolute Gasteiger partial charge is 0.481 e. The molecule has 0 heterocycles. The molecule has 1 aromatic carbocycles. The first-order valence-electron chi connectivity index (χ1n) is 7.75. The lowest BCUT2D eigenvalue weighted by Crippen LogP contribution is -2.34. The van der Waals surface area contributed by atoms with Crippen LogP contribution in [0.5, 0.6) is 0 Å². The Kier molecular flexibility index (Phi) is 6.06. The van der Waals surface area contributed by atoms with Crippen molar-refractivity contribution in [1.82, 2.24) is 5.32 Å². The average Bonchev–Trinajstić information content (AvgIpc) is 2.87. The summed E-state index contributed by atoms with van der Waals surface area (Å²) in [6, 6.07) is 11.3. The summed E-state index contributed by atoms with van der Waals surface area (Å²) in [5.41, 5.74) is 1.43. The fourth-order valence-corrected chi connectivity index (χ4v) is 3.16. The van der Waals surface area contributed by atoms with Gasteiger partial charge in [0.1, 0.15) is 0 Å². The number of hydrogen-bond acceptors (Lipinski definition) is 2. The number of benzene rings is 1. The number of hydrogen-bond donors (Lipinski definition) is 2. The van der Waals surface area contributed by atoms with Crippen LogP contribution in [-0.2, 0) is 11.2 Å². The lowest BCUT2D eigenvalue weighted by atomic mass is 9.94. The van der Waals surface area contributed by atoms with Crippen molar-refractivity contribution in [3.63, 3.8) is 0 Å². The van der Waals surface area contributed by atoms with E-state index < -0.39 is 5.97 Å². The van der Waals surface area contributed by atoms with Gasteiger partial charge in [0.05, 0.1) is 0 Å². The highest BCUT2D eigenvalue weighted by molar-refractivity contribution is 5.66. The molecule has 20 heavy (non-hydrogen) atoms. The second kappa shape index (κ2) is 8.05. The van der Waals surface area contributed by atoms with Crippen LogP contribution in [0.15, 0.2) is 30.3 Å². The molecule has 0 aliphatic heterocycles. The van der Waals surface area contributed by atoms with Gasteiger partial charge in [0.15, 0.2) is 0 Å². The van der Waals surface area contributed by atoms with Crippen molar-refractivity contribution in [2.75, 3.05) is 6.54 Å². The Balaban J connectivity index is 1.69. The Morgan fingerprint density at radius 2 is 2.00 bits per heavy atom. The summed E-state index contributed by atoms with van der Waals surface area (Å²) in [5, 5.41) is 12.2. The van der Waals surface area contributed by atoms with E-state index in [1.807, 2.05) is 0 Å². The molecule has 2 atom stereocenters. The van der Waals surface area contributed by atoms with Crippen LogP contribution in [0.4, 0.5) is 0 Å². The molecule has 1 aromatic rings. The van der Waals surface area contributed by atoms with Gasteiger partial charge in [-0.1, -0.05) is 36.8 Å². The number of carboxylic acids is 1. The van der Waals surface area contributed by atoms with Gasteiger partial charge in [-0.05, 0) is 50.1 Å². The van der Waals surface area contributed by atoms with Crippen molar-refractivity contribution < 1.29 is 9.90 Å². The first-order chi connectivity index (χ1) is 9.75. The summed E-state index contributed by atoms with van der Waals surface area (Å²) < 4.78 is 0. The third-order valence-corrected chi connectivity index (χ3v) is 4.22. The smallest absolute Gasteiger partial charge is 0.303 e. The molecule has 0 aromatic heterocycles. The molecule has 0 radical (unpaired) electrons. The average molecular weight is 275 g/mol. The van der Waals surface area contributed by atoms with Crippen LogP contribution in [0.3, 0.4) is 0 Å². The molecule has 2 N–H and O–H groups in total. The molecule has 3 heteroatoms. The van der Waals surface area contributed by atoms with Crippen molar-refractivity contribution in [3.05, 3.63) is 35.9 Å². The minimum atomic E-state index is -0.687. The van der Waals surface area contributed by atoms with Gasteiger partial charge in [0, 0.05) is 12.5 Å². The molecule has 2 unspecified atom stereocenters. The lowest BCUT2D eigenvalue weighted by Gasteiger charge is -2.21. The highest BCUT2D eigenvalue weighted by atomic mass is 16.4. The normalized spacial score (nSPS) is 22.0. The van der Waals surface area contributed by atoms with Crippen molar-refractivity contribution in [1.29, 1.82) is 0 Å². The standard InChI is InChI=1S/C17H25NO2/c19-17(20)11-4-5-12-18-16-10-6-9-15(16)13-14-7-2-1-3-8-14/h1-3,7-8,15-16,18H,4-6,9-13H2,(H,19,20). The van der Waals surface area contributed by atoms with Gasteiger partial charge < -0.3 is 10.4 Å². The third kappa shape index (κ3) is 4.97. The van der Waals surface area contributed by atoms with Crippen LogP contribution in [0.25, 0.3) is 0 Å². The number of aliphatic carboxylic acids is 1. The van der Waals surface area contributed by atoms with Crippen molar-refractivity contribution >= 4 is 5.97 Å². The fourth-order valence-electron chi connectivity index (χ4n) is 3.16. The molecule has 1 saturated carbocycles. The first kappa shape index (κ1) is 15.0. The highest BCUT2D eigenvalue weighted by Gasteiger charge is 2.26. The number of carboxylic acid groups (broad SMARTS) is 1. The summed E-state index contributed by atoms with van der Waals surface area (Å²) in [6.45, 7) is 0.948. The van der Waals surface area contributed by atoms with Crippen molar-refractivity contribution in [2.45, 2.75) is 51.0 Å². The van der Waals surface area contributed by atoms with Gasteiger partial charge in [-0.3, -0.25) is 4.79 Å². The van der Waals surface area contributed by atoms with Crippen LogP contribution in [0.2, 0.25) is 0 Å². The predicted molar refractivity (Wildman–Crippen MR) is 80.8 cm³/mol. The Bertz CT molecular complexity index is 405. The zero-order valence-electron chi connectivity index (χ0n) is 12.1. The Hall–Kier alpha value is -1.35. The minimum Gasteiger partial charge on any atom is -0.481 e. The zero-order chi connectivity index (χ0) is 14.2. The maximum Gasteiger partial charge on any atom is 0.303 e. The number of carbonyl (C=O) groups is 1. The molecule has 0 amide bonds. The van der Waals surface area contributed by atoms with E-state index in [2.05, 4.69) is 35.6 Å². The van der Waals surface area contributed by atoms with Crippen LogP contribution in [-0.4, -0.2) is 23.7 Å². The van der Waals surface area contributed by atoms with Crippen molar-refractivity contribution in [3.8, 4) is 0 Å². The van der Waals surface area contributed by atoms with E-state index in [-0.39, 0.29) is 0 Å². The van der Waals surface area contributed by atoms with Crippen molar-refractivity contribution in [2.24, 2.45) is 5.92 Å². The SMILES string of the molecule is O=C(O)CCCCNC1CCCC1Cc1ccccc1. The maximum atomic E-state index is 10.5. The van der Waals surface area contributed by atoms with Gasteiger partial charge in [-0.2, -0.15) is 0 Å². The van der Waals surface area contributed by atoms with Crippen LogP contribution in [0.1, 0.15) is 44.1 Å². The molecule has 110 valence electrons. The van der Waals surface area contributed by atoms with Crippen LogP contribution < -0.4 is 5.32 Å². The summed E-state index contributed by atoms with van der Waals surface area (Å²) in [6.07, 6.45) is 7.06. The molecule has 1 aliphatic carbocycles. The minimum absolute atomic E-state index is 0.291. The van der Waals surface area contributed by atoms with E-state index in [0.717, 1.165) is 31.7 Å². The van der Waals surface area contributed by atoms with Crippen LogP contribution in [0, 0.1) is 5.92 Å². The number of unbranched alkanes of at least 4 members (excludes halogenated alkanes) is 1. The Labute approximate surface area is 121 Å². The molecule has 0 saturated heterocycles. The lowest BCUT2D eigenvalue weighted by molar-refractivity contribution is -0.137. The quantitative estimate of drug-likeness (QED) is 0.716. The molecule has 0 bridgehead atoms. The van der Waals surface area contributed by atoms with E-state index in [9.17, 15) is 4.79 Å². The Morgan fingerprint density at radius 3 is 2.75 bits per heavy atom. The first-order valence-corrected chi connectivity index (χ1v) is 7.75. The summed E-state index contributed by atoms with van der Waals surface area (Å²) in [4.78, 5) is 10.5. The topological polar surface area (TPSA) is 49.3 Å². The van der Waals surface area contributed by atoms with Gasteiger partial charge in [-0.25, -0.2) is 0 Å². The molecule has 2 rings (SSSR count). The molecule has 3 nitrogen and oxygen atoms in total. The van der Waals surface area contributed by atoms with E-state index >= 15 is 0 Å². The number of rotatable bonds is 8. The van der Waals surface area contributed by atoms with E-state index in [4.69, 9.17) is 5.11 Å². The maximum absolute atomic E-state index is 10.5. The van der Waals surface area contributed by atoms with Gasteiger partial charge in [0.2, 0.25) is 0 Å². The van der Waals surface area contributed by atoms with E-state index in [0.29, 0.717) is 12.5 Å². The summed E-state index contributed by atoms with van der Waals surface area (Å²) >= 11 is 0. The highest BCUT2D eigenvalue weighted by Crippen LogP contribution is 2.28. The second-order valence-electron chi connectivity index (χ2n) is 5.79. The monoisotopic (exact) mass is 275 g/mol. The molecular formula is C17H25NO2. The van der Waals surface area contributed by atoms with E-state index in [1.54, 1.807) is 0 Å². The molecule has 1 aliphatic rings. The van der Waals surface area contributed by atoms with E-state index in [1.165, 1.54) is 24.8 Å². The predicted octanol–water partition coefficient (Wildman–Crippen LogP) is 3.24. The zero-order valence-corrected chi connectivity index (χ0v) is 12.1. The van der Waals surface area contributed by atoms with Gasteiger partial charge in [-0.15, -0.1) is 0 Å². The summed E-state index contributed by atoms with van der Waals surface area (Å²) in [5.74, 6) is 0.0460. The Morgan fingerprint density at radius 1 is 1.20 bits per heavy atom. The van der Waals surface area contributed by atoms with Gasteiger partial charge >= 0.3 is 5.97 Å². The molecule has 1 fully saturated rings. The summed E-state index contributed by atoms with van der Waals surface area (Å²) in [7, 11) is 0. The second-order valence-corrected chi connectivity index (χ2v) is 5.79. The number of nitrogens with one attached hydrogen (secondary N) is 1. The fraction of sp³-hybridized carbons (Fsp3) is 0.588. The third-order valence-electron chi connectivity index (χ3n) is 4.22.